The van der Waals surface area contributed by atoms with Gasteiger partial charge < -0.3 is 14.6 Å². The monoisotopic (exact) mass is 408 g/mol. The molecule has 0 spiro atoms. The van der Waals surface area contributed by atoms with Crippen molar-refractivity contribution < 1.29 is 4.74 Å². The maximum absolute atomic E-state index is 13.6. The average Bonchev–Trinajstić information content (AvgIpc) is 3.41. The van der Waals surface area contributed by atoms with Crippen LogP contribution in [0.25, 0.3) is 11.3 Å². The van der Waals surface area contributed by atoms with E-state index in [-0.39, 0.29) is 5.43 Å². The minimum absolute atomic E-state index is 0.0451. The van der Waals surface area contributed by atoms with Crippen LogP contribution in [0.2, 0.25) is 0 Å². The minimum atomic E-state index is -0.0451. The van der Waals surface area contributed by atoms with Crippen molar-refractivity contribution >= 4 is 5.69 Å². The van der Waals surface area contributed by atoms with Gasteiger partial charge in [-0.25, -0.2) is 0 Å². The van der Waals surface area contributed by atoms with Gasteiger partial charge in [0.15, 0.2) is 5.75 Å². The molecule has 4 aliphatic rings. The summed E-state index contributed by atoms with van der Waals surface area (Å²) in [4.78, 5) is 19.6. The number of fused-ring (bicyclic) bond motifs is 4. The zero-order valence-electron chi connectivity index (χ0n) is 17.5. The summed E-state index contributed by atoms with van der Waals surface area (Å²) in [6.07, 6.45) is 3.02. The molecular formula is C27H24N2O2. The Labute approximate surface area is 181 Å². The Bertz CT molecular complexity index is 1280. The van der Waals surface area contributed by atoms with E-state index in [1.165, 1.54) is 16.7 Å². The van der Waals surface area contributed by atoms with Crippen LogP contribution in [-0.2, 0) is 19.3 Å². The molecule has 0 unspecified atom stereocenters. The summed E-state index contributed by atoms with van der Waals surface area (Å²) in [5.74, 6) is 1.05. The number of para-hydroxylation sites is 1. The van der Waals surface area contributed by atoms with Crippen LogP contribution in [0.5, 0.6) is 11.5 Å². The Balaban J connectivity index is 1.46. The van der Waals surface area contributed by atoms with Crippen LogP contribution < -0.4 is 15.1 Å². The highest BCUT2D eigenvalue weighted by atomic mass is 16.5. The number of benzene rings is 3. The molecule has 0 saturated heterocycles. The number of H-pyrrole nitrogens is 1. The zero-order chi connectivity index (χ0) is 20.9. The third-order valence-corrected chi connectivity index (χ3v) is 6.75. The Morgan fingerprint density at radius 1 is 0.935 bits per heavy atom. The van der Waals surface area contributed by atoms with Crippen molar-refractivity contribution in [2.75, 3.05) is 11.4 Å². The largest absolute Gasteiger partial charge is 0.453 e. The van der Waals surface area contributed by atoms with Crippen molar-refractivity contribution in [3.63, 3.8) is 0 Å². The van der Waals surface area contributed by atoms with E-state index in [2.05, 4.69) is 41.1 Å². The number of nitrogens with one attached hydrogen (secondary N) is 1. The molecule has 0 radical (unpaired) electrons. The molecule has 0 atom stereocenters. The number of hydrogen-bond donors (Lipinski definition) is 1. The fraction of sp³-hybridized carbons (Fsp3) is 0.222. The van der Waals surface area contributed by atoms with Gasteiger partial charge in [0, 0.05) is 18.3 Å². The van der Waals surface area contributed by atoms with Crippen LogP contribution in [0.3, 0.4) is 0 Å². The lowest BCUT2D eigenvalue weighted by Gasteiger charge is -2.29. The van der Waals surface area contributed by atoms with Gasteiger partial charge in [0.1, 0.15) is 5.75 Å². The molecule has 2 heterocycles. The SMILES string of the molecule is Cc1[nH]c2ccc(Oc3ccccc3)c(=O)c-2c2c1CCN2C1Cc2ccccc2C1. The number of aromatic nitrogens is 1. The molecule has 154 valence electrons. The van der Waals surface area contributed by atoms with Crippen LogP contribution in [0, 0.1) is 6.92 Å². The van der Waals surface area contributed by atoms with Crippen LogP contribution in [0.1, 0.15) is 22.4 Å². The molecule has 4 nitrogen and oxygen atoms in total. The molecule has 0 fully saturated rings. The molecule has 2 aromatic carbocycles. The molecule has 0 amide bonds. The summed E-state index contributed by atoms with van der Waals surface area (Å²) in [5.41, 5.74) is 7.96. The predicted octanol–water partition coefficient (Wildman–Crippen LogP) is 5.11. The van der Waals surface area contributed by atoms with Crippen LogP contribution >= 0.6 is 0 Å². The number of nitrogens with zero attached hydrogens (tertiary/aromatic N) is 1. The molecule has 2 aliphatic heterocycles. The summed E-state index contributed by atoms with van der Waals surface area (Å²) in [6, 6.07) is 22.4. The number of aromatic amines is 1. The normalized spacial score (nSPS) is 15.3. The van der Waals surface area contributed by atoms with Gasteiger partial charge in [-0.05, 0) is 67.1 Å². The molecule has 4 heteroatoms. The standard InChI is InChI=1S/C27H24N2O2/c1-17-22-13-14-29(20-15-18-7-5-6-8-19(18)16-20)26(22)25-23(28-17)11-12-24(27(25)30)31-21-9-3-2-4-10-21/h2-12,20,28H,13-16H2,1H3. The fourth-order valence-corrected chi connectivity index (χ4v) is 5.29. The third-order valence-electron chi connectivity index (χ3n) is 6.75. The lowest BCUT2D eigenvalue weighted by atomic mass is 10.00. The van der Waals surface area contributed by atoms with Gasteiger partial charge in [-0.15, -0.1) is 0 Å². The van der Waals surface area contributed by atoms with Gasteiger partial charge in [-0.3, -0.25) is 4.79 Å². The summed E-state index contributed by atoms with van der Waals surface area (Å²) < 4.78 is 5.97. The molecule has 2 aliphatic carbocycles. The summed E-state index contributed by atoms with van der Waals surface area (Å²) in [5, 5.41) is 0. The van der Waals surface area contributed by atoms with Gasteiger partial charge in [0.2, 0.25) is 5.43 Å². The lowest BCUT2D eigenvalue weighted by molar-refractivity contribution is 0.478. The van der Waals surface area contributed by atoms with E-state index in [4.69, 9.17) is 4.74 Å². The molecule has 2 aromatic rings. The van der Waals surface area contributed by atoms with E-state index in [1.807, 2.05) is 36.4 Å². The van der Waals surface area contributed by atoms with Crippen LogP contribution in [0.4, 0.5) is 5.69 Å². The zero-order valence-corrected chi connectivity index (χ0v) is 17.5. The van der Waals surface area contributed by atoms with E-state index >= 15 is 0 Å². The summed E-state index contributed by atoms with van der Waals surface area (Å²) in [7, 11) is 0. The quantitative estimate of drug-likeness (QED) is 0.512. The lowest BCUT2D eigenvalue weighted by Crippen LogP contribution is -2.35. The fourth-order valence-electron chi connectivity index (χ4n) is 5.29. The second-order valence-electron chi connectivity index (χ2n) is 8.58. The molecule has 1 N–H and O–H groups in total. The van der Waals surface area contributed by atoms with Gasteiger partial charge in [-0.1, -0.05) is 42.5 Å². The van der Waals surface area contributed by atoms with Crippen LogP contribution in [-0.4, -0.2) is 17.6 Å². The van der Waals surface area contributed by atoms with Crippen molar-refractivity contribution in [3.8, 4) is 22.8 Å². The highest BCUT2D eigenvalue weighted by molar-refractivity contribution is 5.84. The van der Waals surface area contributed by atoms with E-state index < -0.39 is 0 Å². The maximum Gasteiger partial charge on any atom is 0.232 e. The Hall–Kier alpha value is -3.53. The van der Waals surface area contributed by atoms with Crippen LogP contribution in [0.15, 0.2) is 71.5 Å². The van der Waals surface area contributed by atoms with Crippen molar-refractivity contribution in [2.24, 2.45) is 0 Å². The maximum atomic E-state index is 13.6. The highest BCUT2D eigenvalue weighted by Crippen LogP contribution is 2.42. The van der Waals surface area contributed by atoms with E-state index in [1.54, 1.807) is 6.07 Å². The number of hydrogen-bond acceptors (Lipinski definition) is 3. The van der Waals surface area contributed by atoms with Gasteiger partial charge in [0.25, 0.3) is 0 Å². The molecular weight excluding hydrogens is 384 g/mol. The van der Waals surface area contributed by atoms with Crippen molar-refractivity contribution in [2.45, 2.75) is 32.2 Å². The Morgan fingerprint density at radius 3 is 2.39 bits per heavy atom. The number of rotatable bonds is 3. The second kappa shape index (κ2) is 7.02. The molecule has 0 bridgehead atoms. The number of aryl methyl sites for hydroxylation is 1. The Kier molecular flexibility index (Phi) is 4.13. The second-order valence-corrected chi connectivity index (χ2v) is 8.58. The predicted molar refractivity (Wildman–Crippen MR) is 124 cm³/mol. The molecule has 0 saturated carbocycles. The smallest absolute Gasteiger partial charge is 0.232 e. The van der Waals surface area contributed by atoms with Gasteiger partial charge in [0.05, 0.1) is 16.9 Å². The van der Waals surface area contributed by atoms with E-state index in [0.717, 1.165) is 48.4 Å². The summed E-state index contributed by atoms with van der Waals surface area (Å²) >= 11 is 0. The number of anilines is 1. The molecule has 31 heavy (non-hydrogen) atoms. The first-order valence-electron chi connectivity index (χ1n) is 10.9. The minimum Gasteiger partial charge on any atom is -0.453 e. The van der Waals surface area contributed by atoms with Crippen molar-refractivity contribution in [1.29, 1.82) is 0 Å². The molecule has 6 rings (SSSR count). The van der Waals surface area contributed by atoms with Crippen molar-refractivity contribution in [3.05, 3.63) is 99.3 Å². The van der Waals surface area contributed by atoms with E-state index in [0.29, 0.717) is 17.5 Å². The first-order chi connectivity index (χ1) is 15.2. The first kappa shape index (κ1) is 18.3. The number of pyridine rings is 1. The average molecular weight is 409 g/mol. The van der Waals surface area contributed by atoms with Crippen molar-refractivity contribution in [1.82, 2.24) is 4.98 Å². The third kappa shape index (κ3) is 2.94. The number of ether oxygens (including phenoxy) is 1. The van der Waals surface area contributed by atoms with Gasteiger partial charge in [-0.2, -0.15) is 0 Å². The topological polar surface area (TPSA) is 45.3 Å². The van der Waals surface area contributed by atoms with E-state index in [9.17, 15) is 4.79 Å². The first-order valence-corrected chi connectivity index (χ1v) is 10.9. The summed E-state index contributed by atoms with van der Waals surface area (Å²) in [6.45, 7) is 3.06. The highest BCUT2D eigenvalue weighted by Gasteiger charge is 2.35. The Morgan fingerprint density at radius 2 is 1.65 bits per heavy atom. The van der Waals surface area contributed by atoms with Gasteiger partial charge >= 0.3 is 0 Å². The molecule has 0 aromatic heterocycles.